The molecule has 0 fully saturated rings. The number of nitro benzene ring substituents is 1. The summed E-state index contributed by atoms with van der Waals surface area (Å²) in [5.74, 6) is -0.332. The smallest absolute Gasteiger partial charge is 0.270 e. The van der Waals surface area contributed by atoms with Crippen LogP contribution in [0.15, 0.2) is 47.8 Å². The summed E-state index contributed by atoms with van der Waals surface area (Å²) >= 11 is 14.7. The summed E-state index contributed by atoms with van der Waals surface area (Å²) in [5, 5.41) is 17.5. The van der Waals surface area contributed by atoms with Crippen molar-refractivity contribution in [2.24, 2.45) is 0 Å². The van der Waals surface area contributed by atoms with E-state index >= 15 is 0 Å². The van der Waals surface area contributed by atoms with Crippen LogP contribution in [0.4, 0.5) is 10.8 Å². The van der Waals surface area contributed by atoms with Crippen LogP contribution in [0.25, 0.3) is 21.3 Å². The molecule has 0 unspecified atom stereocenters. The van der Waals surface area contributed by atoms with Crippen molar-refractivity contribution >= 4 is 72.7 Å². The van der Waals surface area contributed by atoms with Crippen LogP contribution in [-0.4, -0.2) is 15.8 Å². The van der Waals surface area contributed by atoms with E-state index in [4.69, 9.17) is 23.2 Å². The molecule has 2 aromatic heterocycles. The second-order valence-corrected chi connectivity index (χ2v) is 8.49. The van der Waals surface area contributed by atoms with Gasteiger partial charge in [-0.1, -0.05) is 23.2 Å². The van der Waals surface area contributed by atoms with Crippen LogP contribution in [0, 0.1) is 10.1 Å². The number of nitrogens with one attached hydrogen (secondary N) is 1. The van der Waals surface area contributed by atoms with Gasteiger partial charge in [0.05, 0.1) is 20.5 Å². The number of benzene rings is 2. The van der Waals surface area contributed by atoms with Gasteiger partial charge < -0.3 is 0 Å². The van der Waals surface area contributed by atoms with E-state index in [1.165, 1.54) is 34.8 Å². The number of thiazole rings is 1. The number of hydrogen-bond donors (Lipinski definition) is 1. The van der Waals surface area contributed by atoms with Crippen molar-refractivity contribution in [2.45, 2.75) is 0 Å². The lowest BCUT2D eigenvalue weighted by molar-refractivity contribution is -0.384. The van der Waals surface area contributed by atoms with E-state index in [0.29, 0.717) is 36.7 Å². The SMILES string of the molecule is O=C(Nc1nc(-c2cc(Cl)ccc2Cl)cs1)c1cc2cc([N+](=O)[O-])ccc2s1. The number of nitro groups is 1. The first-order valence-corrected chi connectivity index (χ1v) is 10.3. The minimum atomic E-state index is -0.463. The molecule has 0 atom stereocenters. The van der Waals surface area contributed by atoms with E-state index in [1.54, 1.807) is 35.7 Å². The van der Waals surface area contributed by atoms with E-state index in [-0.39, 0.29) is 11.6 Å². The lowest BCUT2D eigenvalue weighted by Gasteiger charge is -2.01. The quantitative estimate of drug-likeness (QED) is 0.284. The molecule has 0 aliphatic carbocycles. The Bertz CT molecular complexity index is 1240. The monoisotopic (exact) mass is 449 g/mol. The molecule has 0 aliphatic rings. The average molecular weight is 450 g/mol. The standard InChI is InChI=1S/C18H9Cl2N3O3S2/c19-10-1-3-13(20)12(7-10)14-8-27-18(21-14)22-17(24)16-6-9-5-11(23(25)26)2-4-15(9)28-16/h1-8H,(H,21,22,24). The molecule has 1 N–H and O–H groups in total. The van der Waals surface area contributed by atoms with Crippen LogP contribution in [0.2, 0.25) is 10.0 Å². The van der Waals surface area contributed by atoms with Crippen LogP contribution in [0.1, 0.15) is 9.67 Å². The van der Waals surface area contributed by atoms with Gasteiger partial charge in [-0.2, -0.15) is 0 Å². The zero-order valence-electron chi connectivity index (χ0n) is 13.8. The topological polar surface area (TPSA) is 85.1 Å². The van der Waals surface area contributed by atoms with Crippen molar-refractivity contribution in [3.05, 3.63) is 72.9 Å². The molecule has 4 rings (SSSR count). The number of halogens is 2. The number of amides is 1. The van der Waals surface area contributed by atoms with E-state index in [0.717, 1.165) is 4.70 Å². The number of carbonyl (C=O) groups excluding carboxylic acids is 1. The molecule has 6 nitrogen and oxygen atoms in total. The number of rotatable bonds is 4. The molecule has 4 aromatic rings. The number of nitrogens with zero attached hydrogens (tertiary/aromatic N) is 2. The van der Waals surface area contributed by atoms with Gasteiger partial charge in [0.15, 0.2) is 5.13 Å². The summed E-state index contributed by atoms with van der Waals surface area (Å²) in [6, 6.07) is 11.2. The second kappa shape index (κ2) is 7.48. The van der Waals surface area contributed by atoms with E-state index in [9.17, 15) is 14.9 Å². The van der Waals surface area contributed by atoms with Gasteiger partial charge in [-0.05, 0) is 30.3 Å². The maximum absolute atomic E-state index is 12.6. The summed E-state index contributed by atoms with van der Waals surface area (Å²) in [7, 11) is 0. The molecule has 2 heterocycles. The fourth-order valence-electron chi connectivity index (χ4n) is 2.56. The molecule has 0 aliphatic heterocycles. The van der Waals surface area contributed by atoms with Gasteiger partial charge in [-0.15, -0.1) is 22.7 Å². The maximum Gasteiger partial charge on any atom is 0.270 e. The Morgan fingerprint density at radius 1 is 1.14 bits per heavy atom. The van der Waals surface area contributed by atoms with Gasteiger partial charge in [0.2, 0.25) is 0 Å². The average Bonchev–Trinajstić information content (AvgIpc) is 3.29. The predicted octanol–water partition coefficient (Wildman–Crippen LogP) is 6.49. The number of fused-ring (bicyclic) bond motifs is 1. The first kappa shape index (κ1) is 18.8. The van der Waals surface area contributed by atoms with E-state index in [1.807, 2.05) is 0 Å². The summed E-state index contributed by atoms with van der Waals surface area (Å²) in [6.07, 6.45) is 0. The van der Waals surface area contributed by atoms with Gasteiger partial charge in [0.25, 0.3) is 11.6 Å². The lowest BCUT2D eigenvalue weighted by Crippen LogP contribution is -2.09. The van der Waals surface area contributed by atoms with Crippen LogP contribution < -0.4 is 5.32 Å². The maximum atomic E-state index is 12.6. The first-order valence-electron chi connectivity index (χ1n) is 7.81. The number of non-ortho nitro benzene ring substituents is 1. The van der Waals surface area contributed by atoms with Crippen molar-refractivity contribution in [2.75, 3.05) is 5.32 Å². The Balaban J connectivity index is 1.57. The molecule has 0 saturated heterocycles. The summed E-state index contributed by atoms with van der Waals surface area (Å²) < 4.78 is 0.793. The third kappa shape index (κ3) is 3.72. The number of aromatic nitrogens is 1. The number of thiophene rings is 1. The number of hydrogen-bond acceptors (Lipinski definition) is 6. The molecule has 140 valence electrons. The molecular formula is C18H9Cl2N3O3S2. The molecule has 10 heteroatoms. The number of anilines is 1. The van der Waals surface area contributed by atoms with Gasteiger partial charge in [-0.25, -0.2) is 4.98 Å². The molecule has 2 aromatic carbocycles. The zero-order valence-corrected chi connectivity index (χ0v) is 17.0. The second-order valence-electron chi connectivity index (χ2n) is 5.71. The van der Waals surface area contributed by atoms with Crippen molar-refractivity contribution < 1.29 is 9.72 Å². The highest BCUT2D eigenvalue weighted by molar-refractivity contribution is 7.21. The van der Waals surface area contributed by atoms with Crippen molar-refractivity contribution in [1.82, 2.24) is 4.98 Å². The van der Waals surface area contributed by atoms with Gasteiger partial charge >= 0.3 is 0 Å². The molecule has 0 radical (unpaired) electrons. The van der Waals surface area contributed by atoms with E-state index < -0.39 is 4.92 Å². The molecule has 1 amide bonds. The van der Waals surface area contributed by atoms with Crippen molar-refractivity contribution in [3.63, 3.8) is 0 Å². The number of carbonyl (C=O) groups is 1. The summed E-state index contributed by atoms with van der Waals surface area (Å²) in [6.45, 7) is 0. The summed E-state index contributed by atoms with van der Waals surface area (Å²) in [5.41, 5.74) is 1.28. The highest BCUT2D eigenvalue weighted by atomic mass is 35.5. The Kier molecular flexibility index (Phi) is 5.03. The third-order valence-corrected chi connectivity index (χ3v) is 6.30. The fraction of sp³-hybridized carbons (Fsp3) is 0. The fourth-order valence-corrected chi connectivity index (χ4v) is 4.59. The Morgan fingerprint density at radius 2 is 1.96 bits per heavy atom. The normalized spacial score (nSPS) is 10.9. The Labute approximate surface area is 176 Å². The van der Waals surface area contributed by atoms with Crippen molar-refractivity contribution in [3.8, 4) is 11.3 Å². The zero-order chi connectivity index (χ0) is 19.8. The van der Waals surface area contributed by atoms with Crippen LogP contribution >= 0.6 is 45.9 Å². The highest BCUT2D eigenvalue weighted by Gasteiger charge is 2.16. The van der Waals surface area contributed by atoms with Gasteiger partial charge in [0.1, 0.15) is 0 Å². The van der Waals surface area contributed by atoms with Gasteiger partial charge in [-0.3, -0.25) is 20.2 Å². The van der Waals surface area contributed by atoms with E-state index in [2.05, 4.69) is 10.3 Å². The first-order chi connectivity index (χ1) is 13.4. The van der Waals surface area contributed by atoms with Crippen LogP contribution in [0.3, 0.4) is 0 Å². The highest BCUT2D eigenvalue weighted by Crippen LogP contribution is 2.33. The Hall–Kier alpha value is -2.52. The minimum absolute atomic E-state index is 0.0137. The molecule has 0 bridgehead atoms. The largest absolute Gasteiger partial charge is 0.297 e. The van der Waals surface area contributed by atoms with Crippen LogP contribution in [0.5, 0.6) is 0 Å². The minimum Gasteiger partial charge on any atom is -0.297 e. The van der Waals surface area contributed by atoms with Crippen molar-refractivity contribution in [1.29, 1.82) is 0 Å². The van der Waals surface area contributed by atoms with Crippen LogP contribution in [-0.2, 0) is 0 Å². The third-order valence-electron chi connectivity index (χ3n) is 3.86. The predicted molar refractivity (Wildman–Crippen MR) is 114 cm³/mol. The molecule has 0 spiro atoms. The lowest BCUT2D eigenvalue weighted by atomic mass is 10.2. The van der Waals surface area contributed by atoms with Gasteiger partial charge in [0, 0.05) is 38.2 Å². The molecule has 0 saturated carbocycles. The molecule has 28 heavy (non-hydrogen) atoms. The molecular weight excluding hydrogens is 441 g/mol. The summed E-state index contributed by atoms with van der Waals surface area (Å²) in [4.78, 5) is 27.8. The Morgan fingerprint density at radius 3 is 2.75 bits per heavy atom.